The van der Waals surface area contributed by atoms with E-state index in [2.05, 4.69) is 35.4 Å². The molecule has 1 aromatic rings. The second kappa shape index (κ2) is 11.8. The van der Waals surface area contributed by atoms with Crippen molar-refractivity contribution >= 4 is 34.8 Å². The highest BCUT2D eigenvalue weighted by Gasteiger charge is 2.30. The number of nitrogens with zero attached hydrogens (tertiary/aromatic N) is 2. The van der Waals surface area contributed by atoms with Gasteiger partial charge in [-0.15, -0.1) is 11.8 Å². The first-order valence-corrected chi connectivity index (χ1v) is 13.0. The van der Waals surface area contributed by atoms with E-state index in [1.807, 2.05) is 39.8 Å². The number of nitrogens with two attached hydrogens (primary N) is 1. The molecular weight excluding hydrogens is 460 g/mol. The molecule has 0 spiro atoms. The molecule has 35 heavy (non-hydrogen) atoms. The van der Waals surface area contributed by atoms with Crippen LogP contribution in [0.5, 0.6) is 11.5 Å². The summed E-state index contributed by atoms with van der Waals surface area (Å²) in [5.74, 6) is 2.31. The molecule has 2 aliphatic heterocycles. The summed E-state index contributed by atoms with van der Waals surface area (Å²) in [6.07, 6.45) is 1.55. The van der Waals surface area contributed by atoms with Gasteiger partial charge in [0.2, 0.25) is 12.7 Å². The van der Waals surface area contributed by atoms with E-state index in [-0.39, 0.29) is 35.7 Å². The van der Waals surface area contributed by atoms with Crippen molar-refractivity contribution < 1.29 is 14.3 Å². The van der Waals surface area contributed by atoms with Gasteiger partial charge >= 0.3 is 0 Å². The van der Waals surface area contributed by atoms with E-state index >= 15 is 0 Å². The van der Waals surface area contributed by atoms with Gasteiger partial charge in [0.05, 0.1) is 5.92 Å². The maximum absolute atomic E-state index is 12.2. The first-order valence-electron chi connectivity index (χ1n) is 12.1. The lowest BCUT2D eigenvalue weighted by atomic mass is 9.87. The molecule has 1 amide bonds. The van der Waals surface area contributed by atoms with Crippen molar-refractivity contribution in [3.63, 3.8) is 0 Å². The van der Waals surface area contributed by atoms with Gasteiger partial charge in [-0.25, -0.2) is 4.99 Å². The minimum absolute atomic E-state index is 0.00352. The number of ether oxygens (including phenoxy) is 2. The Bertz CT molecular complexity index is 1050. The number of benzene rings is 1. The van der Waals surface area contributed by atoms with E-state index in [9.17, 15) is 4.79 Å². The fourth-order valence-electron chi connectivity index (χ4n) is 4.20. The molecular formula is C27H38N4O3S. The Morgan fingerprint density at radius 3 is 2.54 bits per heavy atom. The van der Waals surface area contributed by atoms with E-state index < -0.39 is 0 Å². The highest BCUT2D eigenvalue weighted by molar-refractivity contribution is 8.00. The van der Waals surface area contributed by atoms with Crippen LogP contribution in [-0.4, -0.2) is 42.7 Å². The van der Waals surface area contributed by atoms with Crippen molar-refractivity contribution in [1.29, 1.82) is 0 Å². The molecule has 7 nitrogen and oxygen atoms in total. The van der Waals surface area contributed by atoms with Gasteiger partial charge in [0, 0.05) is 28.3 Å². The van der Waals surface area contributed by atoms with Crippen LogP contribution in [0, 0.1) is 17.8 Å². The zero-order valence-corrected chi connectivity index (χ0v) is 22.3. The van der Waals surface area contributed by atoms with E-state index in [1.54, 1.807) is 11.8 Å². The number of hydrogen-bond donors (Lipinski definition) is 2. The number of allylic oxidation sites excluding steroid dienone is 1. The highest BCUT2D eigenvalue weighted by atomic mass is 32.2. The van der Waals surface area contributed by atoms with Crippen molar-refractivity contribution in [3.05, 3.63) is 36.4 Å². The molecule has 3 N–H and O–H groups in total. The number of amidine groups is 1. The van der Waals surface area contributed by atoms with Crippen LogP contribution in [0.2, 0.25) is 0 Å². The Morgan fingerprint density at radius 2 is 1.91 bits per heavy atom. The molecule has 3 rings (SSSR count). The number of rotatable bonds is 11. The van der Waals surface area contributed by atoms with Gasteiger partial charge in [-0.1, -0.05) is 39.5 Å². The fourth-order valence-corrected chi connectivity index (χ4v) is 5.63. The molecule has 0 aliphatic carbocycles. The molecule has 2 aliphatic rings. The van der Waals surface area contributed by atoms with Crippen LogP contribution >= 0.6 is 11.8 Å². The Labute approximate surface area is 213 Å². The third kappa shape index (κ3) is 6.69. The molecule has 1 aromatic carbocycles. The maximum atomic E-state index is 12.2. The summed E-state index contributed by atoms with van der Waals surface area (Å²) in [4.78, 5) is 22.2. The molecule has 8 heteroatoms. The number of nitrogens with one attached hydrogen (secondary N) is 1. The predicted molar refractivity (Wildman–Crippen MR) is 145 cm³/mol. The lowest BCUT2D eigenvalue weighted by Gasteiger charge is -2.31. The molecule has 190 valence electrons. The summed E-state index contributed by atoms with van der Waals surface area (Å²) in [5, 5.41) is 3.16. The van der Waals surface area contributed by atoms with Gasteiger partial charge in [-0.05, 0) is 55.9 Å². The van der Waals surface area contributed by atoms with Crippen molar-refractivity contribution in [2.75, 3.05) is 20.0 Å². The van der Waals surface area contributed by atoms with E-state index in [0.717, 1.165) is 51.7 Å². The van der Waals surface area contributed by atoms with Crippen molar-refractivity contribution in [2.24, 2.45) is 33.5 Å². The number of fused-ring (bicyclic) bond motifs is 1. The topological polar surface area (TPSA) is 98.3 Å². The third-order valence-electron chi connectivity index (χ3n) is 6.38. The molecule has 0 saturated heterocycles. The first kappa shape index (κ1) is 26.9. The van der Waals surface area contributed by atoms with Crippen LogP contribution in [0.25, 0.3) is 5.57 Å². The Morgan fingerprint density at radius 1 is 1.23 bits per heavy atom. The SMILES string of the molecule is C=C(C)c1cc2c(cc1SC(C(=C)C)C(CCNC(=O)C(C)C)CC1=NCN=C(N)C1C)OCO2. The lowest BCUT2D eigenvalue weighted by Crippen LogP contribution is -2.36. The quantitative estimate of drug-likeness (QED) is 0.328. The summed E-state index contributed by atoms with van der Waals surface area (Å²) < 4.78 is 11.2. The van der Waals surface area contributed by atoms with Crippen molar-refractivity contribution in [3.8, 4) is 11.5 Å². The van der Waals surface area contributed by atoms with Gasteiger partial charge in [0.15, 0.2) is 11.5 Å². The zero-order chi connectivity index (χ0) is 25.7. The van der Waals surface area contributed by atoms with Crippen LogP contribution in [0.15, 0.2) is 45.7 Å². The van der Waals surface area contributed by atoms with Crippen LogP contribution in [-0.2, 0) is 4.79 Å². The number of carbonyl (C=O) groups is 1. The molecule has 0 radical (unpaired) electrons. The van der Waals surface area contributed by atoms with Gasteiger partial charge in [0.1, 0.15) is 12.5 Å². The number of amides is 1. The average Bonchev–Trinajstić information content (AvgIpc) is 3.26. The zero-order valence-electron chi connectivity index (χ0n) is 21.5. The van der Waals surface area contributed by atoms with Crippen LogP contribution in [0.3, 0.4) is 0 Å². The van der Waals surface area contributed by atoms with E-state index in [4.69, 9.17) is 15.2 Å². The van der Waals surface area contributed by atoms with Gasteiger partial charge in [0.25, 0.3) is 0 Å². The van der Waals surface area contributed by atoms with Crippen LogP contribution < -0.4 is 20.5 Å². The minimum Gasteiger partial charge on any atom is -0.454 e. The standard InChI is InChI=1S/C27H38N4O3S/c1-15(2)20-11-22-23(34-14-33-22)12-24(20)35-25(16(3)4)19(8-9-29-27(32)17(5)6)10-21-18(7)26(28)31-13-30-21/h11-12,17-19,25H,1,3,8-10,13-14H2,2,4-7H3,(H2,28,31)(H,29,32). The number of hydrogen-bond acceptors (Lipinski definition) is 7. The van der Waals surface area contributed by atoms with Gasteiger partial charge in [-0.2, -0.15) is 0 Å². The molecule has 0 aromatic heterocycles. The second-order valence-electron chi connectivity index (χ2n) is 9.66. The molecule has 2 heterocycles. The maximum Gasteiger partial charge on any atom is 0.231 e. The smallest absolute Gasteiger partial charge is 0.231 e. The Hall–Kier alpha value is -2.74. The summed E-state index contributed by atoms with van der Waals surface area (Å²) in [6.45, 7) is 19.6. The van der Waals surface area contributed by atoms with Crippen LogP contribution in [0.1, 0.15) is 53.0 Å². The number of carbonyl (C=O) groups excluding carboxylic acids is 1. The predicted octanol–water partition coefficient (Wildman–Crippen LogP) is 5.06. The molecule has 3 unspecified atom stereocenters. The monoisotopic (exact) mass is 498 g/mol. The summed E-state index contributed by atoms with van der Waals surface area (Å²) in [6, 6.07) is 4.04. The summed E-state index contributed by atoms with van der Waals surface area (Å²) in [7, 11) is 0. The summed E-state index contributed by atoms with van der Waals surface area (Å²) in [5.41, 5.74) is 10.2. The average molecular weight is 499 g/mol. The second-order valence-corrected chi connectivity index (χ2v) is 10.8. The van der Waals surface area contributed by atoms with Gasteiger partial charge < -0.3 is 20.5 Å². The Balaban J connectivity index is 1.89. The van der Waals surface area contributed by atoms with Crippen LogP contribution in [0.4, 0.5) is 0 Å². The third-order valence-corrected chi connectivity index (χ3v) is 8.02. The molecule has 0 fully saturated rings. The fraction of sp³-hybridized carbons (Fsp3) is 0.519. The van der Waals surface area contributed by atoms with Gasteiger partial charge in [-0.3, -0.25) is 9.79 Å². The normalized spacial score (nSPS) is 18.5. The molecule has 3 atom stereocenters. The highest BCUT2D eigenvalue weighted by Crippen LogP contribution is 2.44. The largest absolute Gasteiger partial charge is 0.454 e. The van der Waals surface area contributed by atoms with E-state index in [0.29, 0.717) is 19.0 Å². The first-order chi connectivity index (χ1) is 16.6. The minimum atomic E-state index is -0.0507. The number of aliphatic imine (C=N–C) groups is 2. The van der Waals surface area contributed by atoms with Crippen molar-refractivity contribution in [1.82, 2.24) is 5.32 Å². The number of thioether (sulfide) groups is 1. The summed E-state index contributed by atoms with van der Waals surface area (Å²) >= 11 is 1.76. The molecule has 0 bridgehead atoms. The molecule has 0 saturated carbocycles. The Kier molecular flexibility index (Phi) is 9.05. The van der Waals surface area contributed by atoms with E-state index in [1.165, 1.54) is 0 Å². The van der Waals surface area contributed by atoms with Crippen molar-refractivity contribution in [2.45, 2.75) is 57.6 Å². The lowest BCUT2D eigenvalue weighted by molar-refractivity contribution is -0.124.